The first-order valence-electron chi connectivity index (χ1n) is 24.1. The Kier molecular flexibility index (Phi) is 39.0. The van der Waals surface area contributed by atoms with Crippen LogP contribution in [0.5, 0.6) is 0 Å². The van der Waals surface area contributed by atoms with Crippen LogP contribution in [0.4, 0.5) is 0 Å². The molecule has 0 aromatic carbocycles. The van der Waals surface area contributed by atoms with Gasteiger partial charge in [0.25, 0.3) is 0 Å². The number of unbranched alkanes of at least 4 members (excludes halogenated alkanes) is 5. The van der Waals surface area contributed by atoms with Gasteiger partial charge in [0.15, 0.2) is 6.29 Å². The van der Waals surface area contributed by atoms with Crippen LogP contribution in [0, 0.1) is 0 Å². The molecule has 7 atom stereocenters. The Bertz CT molecular complexity index is 1500. The lowest BCUT2D eigenvalue weighted by Gasteiger charge is -2.40. The highest BCUT2D eigenvalue weighted by molar-refractivity contribution is 5.76. The van der Waals surface area contributed by atoms with Crippen LogP contribution in [0.15, 0.2) is 146 Å². The van der Waals surface area contributed by atoms with Crippen LogP contribution < -0.4 is 5.32 Å². The molecule has 0 aliphatic carbocycles. The number of aliphatic hydroxyl groups excluding tert-OH is 5. The van der Waals surface area contributed by atoms with E-state index < -0.39 is 49.5 Å². The standard InChI is InChI=1S/C55H85NO8/c1-3-5-7-9-11-13-15-17-18-19-20-21-22-23-24-25-26-27-28-29-30-31-32-33-35-37-39-41-43-45-51(59)56-48(47-63-55-54(62)53(61)52(60)50(46-57)64-55)49(58)44-42-40-38-36-34-16-14-12-10-8-6-4-2/h5,7,10-13,17-18,20-21,23-24,26-27,29-30,32-34,36-37,39,42,44,48-50,52-55,57-58,60-62H,3-4,6,8-9,14-16,19,22,25,28,31,35,38,40-41,43,45-47H2,1-2H3,(H,56,59)/b7-5-,12-10+,13-11-,18-17-,21-20-,24-23-,27-26-,30-29-,33-32-,36-34+,39-37-,44-42+. The van der Waals surface area contributed by atoms with Crippen LogP contribution >= 0.6 is 0 Å². The van der Waals surface area contributed by atoms with Gasteiger partial charge < -0.3 is 40.3 Å². The van der Waals surface area contributed by atoms with Gasteiger partial charge >= 0.3 is 0 Å². The molecule has 1 fully saturated rings. The van der Waals surface area contributed by atoms with Gasteiger partial charge in [-0.3, -0.25) is 4.79 Å². The highest BCUT2D eigenvalue weighted by Crippen LogP contribution is 2.22. The van der Waals surface area contributed by atoms with Crippen molar-refractivity contribution in [3.8, 4) is 0 Å². The van der Waals surface area contributed by atoms with E-state index in [4.69, 9.17) is 9.47 Å². The molecule has 1 heterocycles. The topological polar surface area (TPSA) is 149 Å². The first-order chi connectivity index (χ1) is 31.3. The lowest BCUT2D eigenvalue weighted by molar-refractivity contribution is -0.302. The van der Waals surface area contributed by atoms with Crippen molar-refractivity contribution >= 4 is 5.91 Å². The van der Waals surface area contributed by atoms with Crippen LogP contribution in [-0.2, 0) is 14.3 Å². The molecule has 1 saturated heterocycles. The number of ether oxygens (including phenoxy) is 2. The average molecular weight is 888 g/mol. The number of rotatable bonds is 37. The predicted octanol–water partition coefficient (Wildman–Crippen LogP) is 10.8. The Hall–Kier alpha value is -3.93. The van der Waals surface area contributed by atoms with Gasteiger partial charge in [0.1, 0.15) is 24.4 Å². The smallest absolute Gasteiger partial charge is 0.220 e. The minimum atomic E-state index is -1.59. The van der Waals surface area contributed by atoms with Gasteiger partial charge in [0, 0.05) is 6.42 Å². The van der Waals surface area contributed by atoms with Crippen molar-refractivity contribution in [3.05, 3.63) is 146 Å². The quantitative estimate of drug-likeness (QED) is 0.0267. The first kappa shape index (κ1) is 58.1. The van der Waals surface area contributed by atoms with Crippen molar-refractivity contribution in [1.29, 1.82) is 0 Å². The average Bonchev–Trinajstić information content (AvgIpc) is 3.29. The van der Waals surface area contributed by atoms with E-state index in [1.54, 1.807) is 6.08 Å². The zero-order valence-electron chi connectivity index (χ0n) is 39.2. The maximum atomic E-state index is 12.9. The Morgan fingerprint density at radius 2 is 0.953 bits per heavy atom. The highest BCUT2D eigenvalue weighted by atomic mass is 16.7. The molecule has 0 aromatic rings. The number of carbonyl (C=O) groups is 1. The number of carbonyl (C=O) groups excluding carboxylic acids is 1. The lowest BCUT2D eigenvalue weighted by Crippen LogP contribution is -2.60. The summed E-state index contributed by atoms with van der Waals surface area (Å²) >= 11 is 0. The van der Waals surface area contributed by atoms with Crippen molar-refractivity contribution in [3.63, 3.8) is 0 Å². The maximum absolute atomic E-state index is 12.9. The Morgan fingerprint density at radius 3 is 1.41 bits per heavy atom. The second-order valence-corrected chi connectivity index (χ2v) is 15.8. The molecule has 0 bridgehead atoms. The zero-order chi connectivity index (χ0) is 46.6. The van der Waals surface area contributed by atoms with E-state index in [0.29, 0.717) is 12.8 Å². The Morgan fingerprint density at radius 1 is 0.547 bits per heavy atom. The van der Waals surface area contributed by atoms with Gasteiger partial charge in [-0.15, -0.1) is 0 Å². The van der Waals surface area contributed by atoms with E-state index in [1.165, 1.54) is 12.8 Å². The summed E-state index contributed by atoms with van der Waals surface area (Å²) in [5, 5.41) is 54.1. The van der Waals surface area contributed by atoms with Crippen LogP contribution in [-0.4, -0.2) is 87.5 Å². The van der Waals surface area contributed by atoms with Crippen LogP contribution in [0.3, 0.4) is 0 Å². The first-order valence-corrected chi connectivity index (χ1v) is 24.1. The van der Waals surface area contributed by atoms with Crippen LogP contribution in [0.2, 0.25) is 0 Å². The predicted molar refractivity (Wildman–Crippen MR) is 266 cm³/mol. The van der Waals surface area contributed by atoms with Gasteiger partial charge in [-0.25, -0.2) is 0 Å². The third-order valence-electron chi connectivity index (χ3n) is 10.1. The second kappa shape index (κ2) is 43.0. The minimum absolute atomic E-state index is 0.241. The number of hydrogen-bond donors (Lipinski definition) is 6. The van der Waals surface area contributed by atoms with Gasteiger partial charge in [-0.1, -0.05) is 173 Å². The third kappa shape index (κ3) is 32.7. The summed E-state index contributed by atoms with van der Waals surface area (Å²) < 4.78 is 11.2. The largest absolute Gasteiger partial charge is 0.394 e. The highest BCUT2D eigenvalue weighted by Gasteiger charge is 2.44. The molecular formula is C55H85NO8. The fourth-order valence-corrected chi connectivity index (χ4v) is 6.29. The molecule has 0 saturated carbocycles. The molecule has 7 unspecified atom stereocenters. The molecule has 358 valence electrons. The van der Waals surface area contributed by atoms with E-state index in [1.807, 2.05) is 6.08 Å². The van der Waals surface area contributed by atoms with Crippen molar-refractivity contribution in [2.75, 3.05) is 13.2 Å². The fraction of sp³-hybridized carbons (Fsp3) is 0.545. The lowest BCUT2D eigenvalue weighted by atomic mass is 9.99. The Labute approximate surface area is 387 Å². The molecule has 64 heavy (non-hydrogen) atoms. The van der Waals surface area contributed by atoms with Gasteiger partial charge in [0.2, 0.25) is 5.91 Å². The third-order valence-corrected chi connectivity index (χ3v) is 10.1. The number of allylic oxidation sites excluding steroid dienone is 23. The van der Waals surface area contributed by atoms with E-state index in [-0.39, 0.29) is 18.9 Å². The molecule has 0 aromatic heterocycles. The molecule has 1 aliphatic rings. The molecule has 1 amide bonds. The van der Waals surface area contributed by atoms with E-state index >= 15 is 0 Å². The molecule has 6 N–H and O–H groups in total. The van der Waals surface area contributed by atoms with Crippen LogP contribution in [0.1, 0.15) is 136 Å². The Balaban J connectivity index is 2.36. The molecule has 1 rings (SSSR count). The van der Waals surface area contributed by atoms with Crippen molar-refractivity contribution in [2.24, 2.45) is 0 Å². The molecule has 0 spiro atoms. The van der Waals surface area contributed by atoms with Gasteiger partial charge in [-0.05, 0) is 103 Å². The molecule has 1 aliphatic heterocycles. The van der Waals surface area contributed by atoms with Gasteiger partial charge in [0.05, 0.1) is 25.4 Å². The molecule has 9 nitrogen and oxygen atoms in total. The van der Waals surface area contributed by atoms with Crippen LogP contribution in [0.25, 0.3) is 0 Å². The zero-order valence-corrected chi connectivity index (χ0v) is 39.2. The van der Waals surface area contributed by atoms with Crippen molar-refractivity contribution in [2.45, 2.75) is 179 Å². The summed E-state index contributed by atoms with van der Waals surface area (Å²) in [6, 6.07) is -0.869. The maximum Gasteiger partial charge on any atom is 0.220 e. The second-order valence-electron chi connectivity index (χ2n) is 15.8. The minimum Gasteiger partial charge on any atom is -0.394 e. The fourth-order valence-electron chi connectivity index (χ4n) is 6.29. The molecule has 0 radical (unpaired) electrons. The summed E-state index contributed by atoms with van der Waals surface area (Å²) in [5.74, 6) is -0.259. The normalized spacial score (nSPS) is 21.4. The monoisotopic (exact) mass is 888 g/mol. The number of hydrogen-bond acceptors (Lipinski definition) is 8. The molecular weight excluding hydrogens is 803 g/mol. The van der Waals surface area contributed by atoms with Crippen molar-refractivity contribution in [1.82, 2.24) is 5.32 Å². The summed E-state index contributed by atoms with van der Waals surface area (Å²) in [4.78, 5) is 12.9. The summed E-state index contributed by atoms with van der Waals surface area (Å²) in [6.45, 7) is 3.51. The van der Waals surface area contributed by atoms with E-state index in [0.717, 1.165) is 89.9 Å². The summed E-state index contributed by atoms with van der Waals surface area (Å²) in [5.41, 5.74) is 0. The van der Waals surface area contributed by atoms with Gasteiger partial charge in [-0.2, -0.15) is 0 Å². The number of aliphatic hydroxyl groups is 5. The van der Waals surface area contributed by atoms with Crippen molar-refractivity contribution < 1.29 is 39.8 Å². The summed E-state index contributed by atoms with van der Waals surface area (Å²) in [6.07, 6.45) is 60.5. The SMILES string of the molecule is CC/C=C\C/C=C\C/C=C\C/C=C\C/C=C\C/C=C\C/C=C\C/C=C\C/C=C\CCCC(=O)NC(COC1OC(CO)C(O)C(O)C1O)C(O)/C=C/CC/C=C/CC/C=C/CCCC. The summed E-state index contributed by atoms with van der Waals surface area (Å²) in [7, 11) is 0. The van der Waals surface area contributed by atoms with E-state index in [2.05, 4.69) is 153 Å². The number of nitrogens with one attached hydrogen (secondary N) is 1. The molecule has 9 heteroatoms. The van der Waals surface area contributed by atoms with E-state index in [9.17, 15) is 30.3 Å². The number of amides is 1.